The van der Waals surface area contributed by atoms with Crippen molar-refractivity contribution in [2.75, 3.05) is 0 Å². The molecular weight excluding hydrogens is 335 g/mol. The molecule has 0 saturated carbocycles. The SMILES string of the molecule is O=C(O)Cc1ccccc1.[Pb]. The number of carboxylic acid groups (broad SMARTS) is 1. The fraction of sp³-hybridized carbons (Fsp3) is 0.125. The van der Waals surface area contributed by atoms with Gasteiger partial charge in [-0.3, -0.25) is 4.79 Å². The summed E-state index contributed by atoms with van der Waals surface area (Å²) >= 11 is 0. The molecule has 1 rings (SSSR count). The standard InChI is InChI=1S/C8H8O2.Pb/c9-8(10)6-7-4-2-1-3-5-7;/h1-5H,6H2,(H,9,10);. The van der Waals surface area contributed by atoms with Crippen molar-refractivity contribution < 1.29 is 9.90 Å². The molecular formula is C8H8O2Pb. The van der Waals surface area contributed by atoms with Crippen LogP contribution >= 0.6 is 0 Å². The normalized spacial score (nSPS) is 8.36. The molecule has 0 aliphatic carbocycles. The van der Waals surface area contributed by atoms with Crippen molar-refractivity contribution in [3.8, 4) is 0 Å². The average Bonchev–Trinajstić information content (AvgIpc) is 1.88. The monoisotopic (exact) mass is 344 g/mol. The van der Waals surface area contributed by atoms with Gasteiger partial charge >= 0.3 is 5.97 Å². The first-order valence-corrected chi connectivity index (χ1v) is 3.05. The number of carboxylic acids is 1. The number of hydrogen-bond donors (Lipinski definition) is 1. The molecule has 0 bridgehead atoms. The van der Waals surface area contributed by atoms with E-state index >= 15 is 0 Å². The third kappa shape index (κ3) is 4.13. The molecule has 0 heterocycles. The van der Waals surface area contributed by atoms with Crippen molar-refractivity contribution in [1.29, 1.82) is 0 Å². The maximum Gasteiger partial charge on any atom is 0.307 e. The maximum atomic E-state index is 10.2. The van der Waals surface area contributed by atoms with E-state index in [1.807, 2.05) is 18.2 Å². The molecule has 0 unspecified atom stereocenters. The van der Waals surface area contributed by atoms with Gasteiger partial charge in [-0.25, -0.2) is 0 Å². The van der Waals surface area contributed by atoms with Gasteiger partial charge in [0.15, 0.2) is 0 Å². The molecule has 0 spiro atoms. The Balaban J connectivity index is 0.000001000. The third-order valence-corrected chi connectivity index (χ3v) is 1.20. The van der Waals surface area contributed by atoms with Gasteiger partial charge in [0.2, 0.25) is 0 Å². The maximum absolute atomic E-state index is 10.2. The Morgan fingerprint density at radius 2 is 1.82 bits per heavy atom. The number of aliphatic carboxylic acids is 1. The fourth-order valence-electron chi connectivity index (χ4n) is 0.770. The van der Waals surface area contributed by atoms with Gasteiger partial charge in [0.1, 0.15) is 0 Å². The van der Waals surface area contributed by atoms with Crippen molar-refractivity contribution in [2.45, 2.75) is 6.42 Å². The molecule has 0 fully saturated rings. The van der Waals surface area contributed by atoms with Crippen LogP contribution in [0.5, 0.6) is 0 Å². The molecule has 56 valence electrons. The topological polar surface area (TPSA) is 37.3 Å². The number of carbonyl (C=O) groups is 1. The molecule has 11 heavy (non-hydrogen) atoms. The second kappa shape index (κ2) is 5.29. The van der Waals surface area contributed by atoms with Crippen molar-refractivity contribution in [3.63, 3.8) is 0 Å². The summed E-state index contributed by atoms with van der Waals surface area (Å²) in [5.74, 6) is -0.786. The van der Waals surface area contributed by atoms with E-state index in [0.717, 1.165) is 5.56 Å². The first-order chi connectivity index (χ1) is 4.79. The molecule has 0 saturated heterocycles. The van der Waals surface area contributed by atoms with Gasteiger partial charge in [-0.05, 0) is 5.56 Å². The van der Waals surface area contributed by atoms with Crippen LogP contribution in [0.25, 0.3) is 0 Å². The van der Waals surface area contributed by atoms with Gasteiger partial charge in [0.25, 0.3) is 0 Å². The zero-order valence-corrected chi connectivity index (χ0v) is 9.84. The van der Waals surface area contributed by atoms with Crippen molar-refractivity contribution in [3.05, 3.63) is 35.9 Å². The second-order valence-electron chi connectivity index (χ2n) is 2.06. The first kappa shape index (κ1) is 10.6. The van der Waals surface area contributed by atoms with Crippen molar-refractivity contribution in [1.82, 2.24) is 0 Å². The van der Waals surface area contributed by atoms with E-state index in [9.17, 15) is 4.79 Å². The molecule has 1 aromatic rings. The third-order valence-electron chi connectivity index (χ3n) is 1.20. The molecule has 2 nitrogen and oxygen atoms in total. The summed E-state index contributed by atoms with van der Waals surface area (Å²) in [5, 5.41) is 8.37. The molecule has 0 atom stereocenters. The van der Waals surface area contributed by atoms with E-state index in [-0.39, 0.29) is 33.7 Å². The Morgan fingerprint density at radius 3 is 2.27 bits per heavy atom. The van der Waals surface area contributed by atoms with Gasteiger partial charge in [-0.1, -0.05) is 30.3 Å². The van der Waals surface area contributed by atoms with Crippen LogP contribution in [0.4, 0.5) is 0 Å². The van der Waals surface area contributed by atoms with Crippen LogP contribution in [0.15, 0.2) is 30.3 Å². The summed E-state index contributed by atoms with van der Waals surface area (Å²) in [7, 11) is 0. The molecule has 3 heteroatoms. The van der Waals surface area contributed by atoms with E-state index in [4.69, 9.17) is 5.11 Å². The Morgan fingerprint density at radius 1 is 1.27 bits per heavy atom. The van der Waals surface area contributed by atoms with Gasteiger partial charge in [-0.2, -0.15) is 0 Å². The molecule has 0 aromatic heterocycles. The van der Waals surface area contributed by atoms with Crippen LogP contribution in [0.2, 0.25) is 0 Å². The Labute approximate surface area is 85.4 Å². The molecule has 1 N–H and O–H groups in total. The number of benzene rings is 1. The molecule has 0 amide bonds. The summed E-state index contributed by atoms with van der Waals surface area (Å²) in [6, 6.07) is 9.13. The minimum absolute atomic E-state index is 0. The van der Waals surface area contributed by atoms with E-state index in [2.05, 4.69) is 0 Å². The number of rotatable bonds is 2. The van der Waals surface area contributed by atoms with Crippen LogP contribution in [0.3, 0.4) is 0 Å². The van der Waals surface area contributed by atoms with Gasteiger partial charge in [0, 0.05) is 27.3 Å². The van der Waals surface area contributed by atoms with E-state index < -0.39 is 5.97 Å². The van der Waals surface area contributed by atoms with Crippen LogP contribution < -0.4 is 0 Å². The second-order valence-corrected chi connectivity index (χ2v) is 2.06. The minimum atomic E-state index is -0.786. The molecule has 1 aromatic carbocycles. The van der Waals surface area contributed by atoms with Gasteiger partial charge in [-0.15, -0.1) is 0 Å². The minimum Gasteiger partial charge on any atom is -0.481 e. The van der Waals surface area contributed by atoms with Crippen LogP contribution in [-0.4, -0.2) is 38.4 Å². The fourth-order valence-corrected chi connectivity index (χ4v) is 0.770. The predicted molar refractivity (Wildman–Crippen MR) is 43.5 cm³/mol. The Hall–Kier alpha value is -0.388. The van der Waals surface area contributed by atoms with E-state index in [1.165, 1.54) is 0 Å². The molecule has 0 aliphatic rings. The summed E-state index contributed by atoms with van der Waals surface area (Å²) in [6.45, 7) is 0. The summed E-state index contributed by atoms with van der Waals surface area (Å²) in [6.07, 6.45) is 0.112. The first-order valence-electron chi connectivity index (χ1n) is 3.05. The van der Waals surface area contributed by atoms with Crippen LogP contribution in [-0.2, 0) is 11.2 Å². The van der Waals surface area contributed by atoms with E-state index in [1.54, 1.807) is 12.1 Å². The van der Waals surface area contributed by atoms with Crippen LogP contribution in [0.1, 0.15) is 5.56 Å². The number of hydrogen-bond acceptors (Lipinski definition) is 1. The zero-order chi connectivity index (χ0) is 7.40. The van der Waals surface area contributed by atoms with E-state index in [0.29, 0.717) is 0 Å². The van der Waals surface area contributed by atoms with Crippen molar-refractivity contribution >= 4 is 33.3 Å². The van der Waals surface area contributed by atoms with Gasteiger partial charge < -0.3 is 5.11 Å². The van der Waals surface area contributed by atoms with Crippen molar-refractivity contribution in [2.24, 2.45) is 0 Å². The Kier molecular flexibility index (Phi) is 5.10. The molecule has 0 aliphatic heterocycles. The Bertz CT molecular complexity index is 221. The smallest absolute Gasteiger partial charge is 0.307 e. The summed E-state index contributed by atoms with van der Waals surface area (Å²) in [4.78, 5) is 10.2. The average molecular weight is 343 g/mol. The van der Waals surface area contributed by atoms with Crippen LogP contribution in [0, 0.1) is 0 Å². The largest absolute Gasteiger partial charge is 0.481 e. The quantitative estimate of drug-likeness (QED) is 0.812. The van der Waals surface area contributed by atoms with Gasteiger partial charge in [0.05, 0.1) is 6.42 Å². The summed E-state index contributed by atoms with van der Waals surface area (Å²) < 4.78 is 0. The zero-order valence-electron chi connectivity index (χ0n) is 5.95. The summed E-state index contributed by atoms with van der Waals surface area (Å²) in [5.41, 5.74) is 0.843. The molecule has 4 radical (unpaired) electrons. The predicted octanol–water partition coefficient (Wildman–Crippen LogP) is 0.933.